The predicted molar refractivity (Wildman–Crippen MR) is 108 cm³/mol. The van der Waals surface area contributed by atoms with Crippen molar-refractivity contribution in [1.29, 1.82) is 0 Å². The standard InChI is InChI=1S/C19H16N6O2S/c20-17(27)11-5-7-12(8-6-11)21-15(26)9-10-28-19-23-18-16(24-25-19)13-3-1-2-4-14(13)22-18/h1-8H,9-10H2,(H2,20,27)(H,21,26)(H,22,23,25). The number of carbonyl (C=O) groups excluding carboxylic acids is 2. The number of amides is 2. The first kappa shape index (κ1) is 17.9. The van der Waals surface area contributed by atoms with Crippen molar-refractivity contribution in [3.8, 4) is 0 Å². The molecule has 2 heterocycles. The number of fused-ring (bicyclic) bond motifs is 3. The van der Waals surface area contributed by atoms with Gasteiger partial charge in [0, 0.05) is 34.3 Å². The van der Waals surface area contributed by atoms with Gasteiger partial charge < -0.3 is 16.0 Å². The monoisotopic (exact) mass is 392 g/mol. The Morgan fingerprint density at radius 1 is 1.07 bits per heavy atom. The van der Waals surface area contributed by atoms with E-state index in [9.17, 15) is 9.59 Å². The predicted octanol–water partition coefficient (Wildman–Crippen LogP) is 2.73. The van der Waals surface area contributed by atoms with Crippen LogP contribution < -0.4 is 11.1 Å². The Morgan fingerprint density at radius 3 is 2.64 bits per heavy atom. The maximum absolute atomic E-state index is 12.1. The van der Waals surface area contributed by atoms with Crippen LogP contribution >= 0.6 is 11.8 Å². The molecule has 4 rings (SSSR count). The van der Waals surface area contributed by atoms with Crippen molar-refractivity contribution in [3.05, 3.63) is 54.1 Å². The number of para-hydroxylation sites is 1. The van der Waals surface area contributed by atoms with Crippen molar-refractivity contribution in [3.63, 3.8) is 0 Å². The van der Waals surface area contributed by atoms with E-state index >= 15 is 0 Å². The number of rotatable bonds is 6. The maximum atomic E-state index is 12.1. The van der Waals surface area contributed by atoms with E-state index in [1.807, 2.05) is 24.3 Å². The molecule has 0 aliphatic carbocycles. The van der Waals surface area contributed by atoms with Gasteiger partial charge in [0.25, 0.3) is 0 Å². The fourth-order valence-electron chi connectivity index (χ4n) is 2.74. The molecule has 4 aromatic rings. The highest BCUT2D eigenvalue weighted by molar-refractivity contribution is 7.99. The fourth-order valence-corrected chi connectivity index (χ4v) is 3.47. The maximum Gasteiger partial charge on any atom is 0.248 e. The minimum Gasteiger partial charge on any atom is -0.366 e. The van der Waals surface area contributed by atoms with Crippen LogP contribution in [0.5, 0.6) is 0 Å². The molecule has 0 aliphatic rings. The minimum absolute atomic E-state index is 0.140. The molecule has 4 N–H and O–H groups in total. The highest BCUT2D eigenvalue weighted by Crippen LogP contribution is 2.23. The molecule has 0 saturated heterocycles. The molecule has 0 spiro atoms. The summed E-state index contributed by atoms with van der Waals surface area (Å²) in [5.74, 6) is -0.132. The zero-order valence-corrected chi connectivity index (χ0v) is 15.5. The molecule has 0 aliphatic heterocycles. The van der Waals surface area contributed by atoms with Crippen LogP contribution in [-0.2, 0) is 4.79 Å². The SMILES string of the molecule is NC(=O)c1ccc(NC(=O)CCSc2nnc3c(n2)[nH]c2ccccc23)cc1. The molecule has 140 valence electrons. The largest absolute Gasteiger partial charge is 0.366 e. The summed E-state index contributed by atoms with van der Waals surface area (Å²) in [5.41, 5.74) is 8.57. The van der Waals surface area contributed by atoms with Crippen LogP contribution in [0.15, 0.2) is 53.7 Å². The van der Waals surface area contributed by atoms with Crippen molar-refractivity contribution in [2.24, 2.45) is 5.73 Å². The molecule has 2 amide bonds. The number of benzene rings is 2. The van der Waals surface area contributed by atoms with Crippen molar-refractivity contribution < 1.29 is 9.59 Å². The van der Waals surface area contributed by atoms with E-state index in [0.717, 1.165) is 16.4 Å². The first-order valence-corrected chi connectivity index (χ1v) is 9.52. The second-order valence-electron chi connectivity index (χ2n) is 6.05. The Kier molecular flexibility index (Phi) is 4.90. The van der Waals surface area contributed by atoms with Crippen LogP contribution in [0.2, 0.25) is 0 Å². The highest BCUT2D eigenvalue weighted by Gasteiger charge is 2.10. The average molecular weight is 392 g/mol. The van der Waals surface area contributed by atoms with Gasteiger partial charge in [0.1, 0.15) is 5.52 Å². The molecular weight excluding hydrogens is 376 g/mol. The number of hydrogen-bond acceptors (Lipinski definition) is 6. The van der Waals surface area contributed by atoms with Gasteiger partial charge in [-0.05, 0) is 30.3 Å². The van der Waals surface area contributed by atoms with Crippen molar-refractivity contribution in [2.75, 3.05) is 11.1 Å². The number of nitrogens with one attached hydrogen (secondary N) is 2. The second-order valence-corrected chi connectivity index (χ2v) is 7.11. The van der Waals surface area contributed by atoms with Crippen LogP contribution in [0.3, 0.4) is 0 Å². The van der Waals surface area contributed by atoms with E-state index in [0.29, 0.717) is 27.8 Å². The lowest BCUT2D eigenvalue weighted by atomic mass is 10.2. The molecule has 0 radical (unpaired) electrons. The molecule has 8 nitrogen and oxygen atoms in total. The van der Waals surface area contributed by atoms with Gasteiger partial charge >= 0.3 is 0 Å². The van der Waals surface area contributed by atoms with Crippen LogP contribution in [0, 0.1) is 0 Å². The minimum atomic E-state index is -0.505. The van der Waals surface area contributed by atoms with Crippen LogP contribution in [-0.4, -0.2) is 37.7 Å². The van der Waals surface area contributed by atoms with Gasteiger partial charge in [-0.1, -0.05) is 30.0 Å². The van der Waals surface area contributed by atoms with Gasteiger partial charge in [-0.15, -0.1) is 10.2 Å². The normalized spacial score (nSPS) is 11.0. The van der Waals surface area contributed by atoms with Crippen molar-refractivity contribution >= 4 is 51.3 Å². The second kappa shape index (κ2) is 7.65. The lowest BCUT2D eigenvalue weighted by molar-refractivity contribution is -0.115. The smallest absolute Gasteiger partial charge is 0.248 e. The number of nitrogens with zero attached hydrogens (tertiary/aromatic N) is 3. The Hall–Kier alpha value is -3.46. The highest BCUT2D eigenvalue weighted by atomic mass is 32.2. The van der Waals surface area contributed by atoms with Gasteiger partial charge in [0.15, 0.2) is 5.65 Å². The molecule has 0 fully saturated rings. The van der Waals surface area contributed by atoms with E-state index in [1.165, 1.54) is 11.8 Å². The number of carbonyl (C=O) groups is 2. The zero-order chi connectivity index (χ0) is 19.5. The molecule has 2 aromatic carbocycles. The van der Waals surface area contributed by atoms with Gasteiger partial charge in [0.2, 0.25) is 17.0 Å². The number of nitrogens with two attached hydrogens (primary N) is 1. The number of primary amides is 1. The third-order valence-electron chi connectivity index (χ3n) is 4.12. The van der Waals surface area contributed by atoms with E-state index in [1.54, 1.807) is 24.3 Å². The van der Waals surface area contributed by atoms with E-state index < -0.39 is 5.91 Å². The summed E-state index contributed by atoms with van der Waals surface area (Å²) in [6.45, 7) is 0. The molecule has 28 heavy (non-hydrogen) atoms. The van der Waals surface area contributed by atoms with Crippen LogP contribution in [0.1, 0.15) is 16.8 Å². The molecule has 9 heteroatoms. The number of thioether (sulfide) groups is 1. The summed E-state index contributed by atoms with van der Waals surface area (Å²) in [5, 5.41) is 12.7. The molecule has 0 unspecified atom stereocenters. The summed E-state index contributed by atoms with van der Waals surface area (Å²) in [6, 6.07) is 14.2. The van der Waals surface area contributed by atoms with Gasteiger partial charge in [0.05, 0.1) is 0 Å². The van der Waals surface area contributed by atoms with Gasteiger partial charge in [-0.3, -0.25) is 9.59 Å². The first-order valence-electron chi connectivity index (χ1n) is 8.54. The van der Waals surface area contributed by atoms with Crippen molar-refractivity contribution in [1.82, 2.24) is 20.2 Å². The average Bonchev–Trinajstić information content (AvgIpc) is 3.06. The topological polar surface area (TPSA) is 127 Å². The van der Waals surface area contributed by atoms with Gasteiger partial charge in [-0.2, -0.15) is 0 Å². The Labute approximate surface area is 163 Å². The van der Waals surface area contributed by atoms with Crippen LogP contribution in [0.25, 0.3) is 22.1 Å². The fraction of sp³-hybridized carbons (Fsp3) is 0.105. The van der Waals surface area contributed by atoms with E-state index in [-0.39, 0.29) is 12.3 Å². The Bertz CT molecular complexity index is 1170. The third-order valence-corrected chi connectivity index (χ3v) is 4.96. The van der Waals surface area contributed by atoms with Gasteiger partial charge in [-0.25, -0.2) is 4.98 Å². The summed E-state index contributed by atoms with van der Waals surface area (Å²) in [4.78, 5) is 30.8. The number of aromatic nitrogens is 4. The molecular formula is C19H16N6O2S. The summed E-state index contributed by atoms with van der Waals surface area (Å²) in [7, 11) is 0. The summed E-state index contributed by atoms with van der Waals surface area (Å²) >= 11 is 1.36. The van der Waals surface area contributed by atoms with E-state index in [4.69, 9.17) is 5.73 Å². The summed E-state index contributed by atoms with van der Waals surface area (Å²) in [6.07, 6.45) is 0.288. The van der Waals surface area contributed by atoms with Crippen molar-refractivity contribution in [2.45, 2.75) is 11.6 Å². The summed E-state index contributed by atoms with van der Waals surface area (Å²) < 4.78 is 0. The Balaban J connectivity index is 1.34. The number of H-pyrrole nitrogens is 1. The zero-order valence-electron chi connectivity index (χ0n) is 14.7. The molecule has 0 atom stereocenters. The molecule has 2 aromatic heterocycles. The molecule has 0 bridgehead atoms. The number of hydrogen-bond donors (Lipinski definition) is 3. The quantitative estimate of drug-likeness (QED) is 0.433. The molecule has 0 saturated carbocycles. The number of aromatic amines is 1. The lowest BCUT2D eigenvalue weighted by Gasteiger charge is -2.05. The first-order chi connectivity index (χ1) is 13.6. The number of anilines is 1. The lowest BCUT2D eigenvalue weighted by Crippen LogP contribution is -2.13. The Morgan fingerprint density at radius 2 is 1.86 bits per heavy atom. The van der Waals surface area contributed by atoms with Crippen LogP contribution in [0.4, 0.5) is 5.69 Å². The third kappa shape index (κ3) is 3.79. The van der Waals surface area contributed by atoms with E-state index in [2.05, 4.69) is 25.5 Å².